The topological polar surface area (TPSA) is 26.0 Å². The number of nitrogens with two attached hydrogens (primary N) is 1. The van der Waals surface area contributed by atoms with Gasteiger partial charge in [0.25, 0.3) is 0 Å². The van der Waals surface area contributed by atoms with E-state index in [2.05, 4.69) is 34.3 Å². The maximum absolute atomic E-state index is 6.35. The first-order chi connectivity index (χ1) is 7.10. The molecule has 0 spiro atoms. The first-order valence-electron chi connectivity index (χ1n) is 5.59. The summed E-state index contributed by atoms with van der Waals surface area (Å²) in [5, 5.41) is 2.14. The highest BCUT2D eigenvalue weighted by Gasteiger charge is 2.34. The Bertz CT molecular complexity index is 328. The van der Waals surface area contributed by atoms with Crippen molar-refractivity contribution in [2.24, 2.45) is 11.1 Å². The average molecular weight is 288 g/mol. The molecule has 0 aliphatic heterocycles. The zero-order valence-electron chi connectivity index (χ0n) is 9.13. The summed E-state index contributed by atoms with van der Waals surface area (Å²) in [6.45, 7) is 2.35. The van der Waals surface area contributed by atoms with Gasteiger partial charge in [-0.2, -0.15) is 0 Å². The Morgan fingerprint density at radius 2 is 2.20 bits per heavy atom. The number of hydrogen-bond acceptors (Lipinski definition) is 2. The van der Waals surface area contributed by atoms with E-state index >= 15 is 0 Å². The number of rotatable bonds is 3. The Morgan fingerprint density at radius 3 is 2.73 bits per heavy atom. The standard InChI is InChI=1S/C12H18BrNS/c1-12(4-2-3-5-12)11(14)7-10-6-9(13)8-15-10/h6,8,11H,2-5,7,14H2,1H3. The second kappa shape index (κ2) is 4.56. The van der Waals surface area contributed by atoms with Gasteiger partial charge in [0.15, 0.2) is 0 Å². The van der Waals surface area contributed by atoms with Gasteiger partial charge in [-0.25, -0.2) is 0 Å². The summed E-state index contributed by atoms with van der Waals surface area (Å²) in [5.41, 5.74) is 6.73. The van der Waals surface area contributed by atoms with Crippen LogP contribution in [0.1, 0.15) is 37.5 Å². The molecule has 1 nitrogen and oxygen atoms in total. The quantitative estimate of drug-likeness (QED) is 0.895. The zero-order chi connectivity index (χ0) is 10.9. The van der Waals surface area contributed by atoms with Crippen LogP contribution in [0.3, 0.4) is 0 Å². The van der Waals surface area contributed by atoms with Gasteiger partial charge in [0.1, 0.15) is 0 Å². The summed E-state index contributed by atoms with van der Waals surface area (Å²) < 4.78 is 1.19. The van der Waals surface area contributed by atoms with Gasteiger partial charge in [-0.05, 0) is 46.7 Å². The van der Waals surface area contributed by atoms with Crippen molar-refractivity contribution >= 4 is 27.3 Å². The van der Waals surface area contributed by atoms with E-state index in [4.69, 9.17) is 5.73 Å². The molecule has 2 N–H and O–H groups in total. The van der Waals surface area contributed by atoms with Gasteiger partial charge >= 0.3 is 0 Å². The molecule has 1 atom stereocenters. The predicted molar refractivity (Wildman–Crippen MR) is 70.3 cm³/mol. The fourth-order valence-corrected chi connectivity index (χ4v) is 3.99. The summed E-state index contributed by atoms with van der Waals surface area (Å²) in [6, 6.07) is 2.52. The molecule has 0 bridgehead atoms. The van der Waals surface area contributed by atoms with Crippen LogP contribution in [0.25, 0.3) is 0 Å². The second-order valence-corrected chi connectivity index (χ2v) is 6.81. The molecule has 84 valence electrons. The summed E-state index contributed by atoms with van der Waals surface area (Å²) in [5.74, 6) is 0. The Hall–Kier alpha value is 0.140. The van der Waals surface area contributed by atoms with Crippen LogP contribution in [0.15, 0.2) is 15.9 Å². The van der Waals surface area contributed by atoms with Crippen LogP contribution in [0.4, 0.5) is 0 Å². The van der Waals surface area contributed by atoms with Crippen molar-refractivity contribution < 1.29 is 0 Å². The number of hydrogen-bond donors (Lipinski definition) is 1. The lowest BCUT2D eigenvalue weighted by atomic mass is 9.79. The third-order valence-corrected chi connectivity index (χ3v) is 5.40. The third kappa shape index (κ3) is 2.63. The minimum absolute atomic E-state index is 0.325. The lowest BCUT2D eigenvalue weighted by molar-refractivity contribution is 0.261. The minimum atomic E-state index is 0.325. The first kappa shape index (κ1) is 11.6. The van der Waals surface area contributed by atoms with Crippen molar-refractivity contribution in [3.05, 3.63) is 20.8 Å². The molecule has 0 radical (unpaired) electrons. The second-order valence-electron chi connectivity index (χ2n) is 4.90. The molecule has 1 aromatic heterocycles. The van der Waals surface area contributed by atoms with Crippen LogP contribution in [0.2, 0.25) is 0 Å². The van der Waals surface area contributed by atoms with Crippen molar-refractivity contribution in [3.63, 3.8) is 0 Å². The third-order valence-electron chi connectivity index (χ3n) is 3.68. The van der Waals surface area contributed by atoms with Crippen molar-refractivity contribution in [3.8, 4) is 0 Å². The van der Waals surface area contributed by atoms with Crippen molar-refractivity contribution in [1.82, 2.24) is 0 Å². The van der Waals surface area contributed by atoms with Gasteiger partial charge in [-0.1, -0.05) is 19.8 Å². The van der Waals surface area contributed by atoms with E-state index in [9.17, 15) is 0 Å². The summed E-state index contributed by atoms with van der Waals surface area (Å²) >= 11 is 5.30. The molecule has 3 heteroatoms. The monoisotopic (exact) mass is 287 g/mol. The van der Waals surface area contributed by atoms with Crippen LogP contribution in [0, 0.1) is 5.41 Å². The fourth-order valence-electron chi connectivity index (χ4n) is 2.48. The van der Waals surface area contributed by atoms with Crippen LogP contribution in [-0.2, 0) is 6.42 Å². The SMILES string of the molecule is CC1(C(N)Cc2cc(Br)cs2)CCCC1. The summed E-state index contributed by atoms with van der Waals surface area (Å²) in [4.78, 5) is 1.41. The average Bonchev–Trinajstić information content (AvgIpc) is 2.76. The molecule has 15 heavy (non-hydrogen) atoms. The molecule has 1 aliphatic carbocycles. The predicted octanol–water partition coefficient (Wildman–Crippen LogP) is 3.96. The van der Waals surface area contributed by atoms with E-state index in [-0.39, 0.29) is 0 Å². The molecule has 1 fully saturated rings. The highest BCUT2D eigenvalue weighted by Crippen LogP contribution is 2.41. The number of halogens is 1. The molecule has 0 amide bonds. The normalized spacial score (nSPS) is 21.8. The van der Waals surface area contributed by atoms with Crippen molar-refractivity contribution in [1.29, 1.82) is 0 Å². The van der Waals surface area contributed by atoms with E-state index in [0.717, 1.165) is 6.42 Å². The van der Waals surface area contributed by atoms with E-state index in [1.807, 2.05) is 11.3 Å². The smallest absolute Gasteiger partial charge is 0.0285 e. The van der Waals surface area contributed by atoms with Gasteiger partial charge < -0.3 is 5.73 Å². The molecule has 1 saturated carbocycles. The first-order valence-corrected chi connectivity index (χ1v) is 7.26. The van der Waals surface area contributed by atoms with E-state index in [1.54, 1.807) is 0 Å². The van der Waals surface area contributed by atoms with Crippen LogP contribution in [-0.4, -0.2) is 6.04 Å². The van der Waals surface area contributed by atoms with Gasteiger partial charge in [0.05, 0.1) is 0 Å². The fraction of sp³-hybridized carbons (Fsp3) is 0.667. The molecule has 1 unspecified atom stereocenters. The highest BCUT2D eigenvalue weighted by molar-refractivity contribution is 9.10. The lowest BCUT2D eigenvalue weighted by Crippen LogP contribution is -2.39. The molecule has 1 heterocycles. The van der Waals surface area contributed by atoms with Gasteiger partial charge in [-0.15, -0.1) is 11.3 Å². The van der Waals surface area contributed by atoms with Gasteiger partial charge in [0, 0.05) is 20.8 Å². The van der Waals surface area contributed by atoms with Crippen LogP contribution >= 0.6 is 27.3 Å². The van der Waals surface area contributed by atoms with Crippen molar-refractivity contribution in [2.75, 3.05) is 0 Å². The van der Waals surface area contributed by atoms with E-state index in [0.29, 0.717) is 11.5 Å². The molecule has 1 aliphatic rings. The summed E-state index contributed by atoms with van der Waals surface area (Å²) in [7, 11) is 0. The molecular formula is C12H18BrNS. The van der Waals surface area contributed by atoms with Crippen LogP contribution in [0.5, 0.6) is 0 Å². The Labute approximate surface area is 104 Å². The minimum Gasteiger partial charge on any atom is -0.327 e. The van der Waals surface area contributed by atoms with E-state index in [1.165, 1.54) is 35.0 Å². The molecule has 0 saturated heterocycles. The Morgan fingerprint density at radius 1 is 1.53 bits per heavy atom. The largest absolute Gasteiger partial charge is 0.327 e. The zero-order valence-corrected chi connectivity index (χ0v) is 11.5. The van der Waals surface area contributed by atoms with Gasteiger partial charge in [0.2, 0.25) is 0 Å². The highest BCUT2D eigenvalue weighted by atomic mass is 79.9. The molecular weight excluding hydrogens is 270 g/mol. The maximum Gasteiger partial charge on any atom is 0.0285 e. The Balaban J connectivity index is 1.99. The molecule has 0 aromatic carbocycles. The maximum atomic E-state index is 6.35. The van der Waals surface area contributed by atoms with Gasteiger partial charge in [-0.3, -0.25) is 0 Å². The van der Waals surface area contributed by atoms with Crippen LogP contribution < -0.4 is 5.73 Å². The molecule has 1 aromatic rings. The van der Waals surface area contributed by atoms with Crippen molar-refractivity contribution in [2.45, 2.75) is 45.1 Å². The lowest BCUT2D eigenvalue weighted by Gasteiger charge is -2.30. The van der Waals surface area contributed by atoms with E-state index < -0.39 is 0 Å². The number of thiophene rings is 1. The molecule has 2 rings (SSSR count). The Kier molecular flexibility index (Phi) is 3.53. The summed E-state index contributed by atoms with van der Waals surface area (Å²) in [6.07, 6.45) is 6.37.